The van der Waals surface area contributed by atoms with Crippen LogP contribution in [-0.2, 0) is 4.74 Å². The Morgan fingerprint density at radius 1 is 1.45 bits per heavy atom. The molecule has 100 valence electrons. The fourth-order valence-electron chi connectivity index (χ4n) is 3.01. The van der Waals surface area contributed by atoms with Gasteiger partial charge in [0, 0.05) is 19.3 Å². The number of rotatable bonds is 1. The number of hydrogen-bond donors (Lipinski definition) is 1. The molecule has 4 rings (SSSR count). The summed E-state index contributed by atoms with van der Waals surface area (Å²) < 4.78 is 5.26. The Morgan fingerprint density at radius 2 is 2.25 bits per heavy atom. The van der Waals surface area contributed by atoms with E-state index in [4.69, 9.17) is 4.74 Å². The number of anilines is 1. The van der Waals surface area contributed by atoms with Gasteiger partial charge in [-0.05, 0) is 12.1 Å². The van der Waals surface area contributed by atoms with E-state index >= 15 is 0 Å². The van der Waals surface area contributed by atoms with Crippen molar-refractivity contribution in [1.29, 1.82) is 5.26 Å². The summed E-state index contributed by atoms with van der Waals surface area (Å²) in [7, 11) is 0. The maximum atomic E-state index is 12.0. The van der Waals surface area contributed by atoms with E-state index in [0.717, 1.165) is 26.3 Å². The molecule has 6 nitrogen and oxygen atoms in total. The minimum absolute atomic E-state index is 0.145. The number of nitriles is 1. The summed E-state index contributed by atoms with van der Waals surface area (Å²) >= 11 is 0. The number of nitrogens with one attached hydrogen (secondary N) is 1. The number of aromatic amines is 1. The van der Waals surface area contributed by atoms with Gasteiger partial charge in [0.15, 0.2) is 0 Å². The molecule has 0 aromatic carbocycles. The smallest absolute Gasteiger partial charge is 0.268 e. The Labute approximate surface area is 114 Å². The van der Waals surface area contributed by atoms with Crippen molar-refractivity contribution in [3.63, 3.8) is 0 Å². The second-order valence-electron chi connectivity index (χ2n) is 5.54. The van der Waals surface area contributed by atoms with Gasteiger partial charge in [-0.15, -0.1) is 0 Å². The Bertz CT molecular complexity index is 793. The Kier molecular flexibility index (Phi) is 2.18. The predicted molar refractivity (Wildman–Crippen MR) is 72.5 cm³/mol. The highest BCUT2D eigenvalue weighted by molar-refractivity contribution is 5.91. The average Bonchev–Trinajstić information content (AvgIpc) is 2.35. The van der Waals surface area contributed by atoms with Crippen LogP contribution < -0.4 is 10.5 Å². The zero-order valence-corrected chi connectivity index (χ0v) is 10.7. The van der Waals surface area contributed by atoms with Crippen molar-refractivity contribution >= 4 is 16.7 Å². The summed E-state index contributed by atoms with van der Waals surface area (Å²) in [5, 5.41) is 9.28. The van der Waals surface area contributed by atoms with Gasteiger partial charge in [-0.1, -0.05) is 0 Å². The van der Waals surface area contributed by atoms with Gasteiger partial charge in [0.2, 0.25) is 0 Å². The van der Waals surface area contributed by atoms with Crippen LogP contribution in [0.25, 0.3) is 11.0 Å². The number of nitrogens with zero attached hydrogens (tertiary/aromatic N) is 3. The van der Waals surface area contributed by atoms with E-state index in [1.807, 2.05) is 6.07 Å². The highest BCUT2D eigenvalue weighted by Crippen LogP contribution is 2.42. The van der Waals surface area contributed by atoms with Gasteiger partial charge in [0.25, 0.3) is 5.56 Å². The highest BCUT2D eigenvalue weighted by atomic mass is 16.5. The summed E-state index contributed by atoms with van der Waals surface area (Å²) in [5.41, 5.74) is 2.01. The second-order valence-corrected chi connectivity index (χ2v) is 5.54. The van der Waals surface area contributed by atoms with Gasteiger partial charge in [-0.2, -0.15) is 5.26 Å². The SMILES string of the molecule is N#Cc1c(N2CC3(COC3)C2)c2ncccc2[nH]c1=O. The topological polar surface area (TPSA) is 82.0 Å². The second kappa shape index (κ2) is 3.81. The third-order valence-corrected chi connectivity index (χ3v) is 4.04. The van der Waals surface area contributed by atoms with Gasteiger partial charge in [0.05, 0.1) is 29.8 Å². The van der Waals surface area contributed by atoms with E-state index in [1.54, 1.807) is 18.3 Å². The van der Waals surface area contributed by atoms with Crippen LogP contribution in [0.5, 0.6) is 0 Å². The molecular weight excluding hydrogens is 256 g/mol. The zero-order chi connectivity index (χ0) is 13.7. The van der Waals surface area contributed by atoms with E-state index in [-0.39, 0.29) is 16.5 Å². The van der Waals surface area contributed by atoms with Crippen LogP contribution >= 0.6 is 0 Å². The molecule has 1 N–H and O–H groups in total. The molecule has 2 saturated heterocycles. The third kappa shape index (κ3) is 1.41. The molecule has 0 saturated carbocycles. The number of ether oxygens (including phenoxy) is 1. The van der Waals surface area contributed by atoms with Crippen LogP contribution in [0.15, 0.2) is 23.1 Å². The zero-order valence-electron chi connectivity index (χ0n) is 10.7. The maximum Gasteiger partial charge on any atom is 0.268 e. The molecule has 0 unspecified atom stereocenters. The van der Waals surface area contributed by atoms with E-state index in [0.29, 0.717) is 16.7 Å². The minimum atomic E-state index is -0.353. The van der Waals surface area contributed by atoms with Gasteiger partial charge in [-0.25, -0.2) is 0 Å². The molecule has 2 fully saturated rings. The molecular formula is C14H12N4O2. The summed E-state index contributed by atoms with van der Waals surface area (Å²) in [6, 6.07) is 5.58. The number of hydrogen-bond acceptors (Lipinski definition) is 5. The lowest BCUT2D eigenvalue weighted by Crippen LogP contribution is -2.66. The number of pyridine rings is 2. The van der Waals surface area contributed by atoms with Crippen molar-refractivity contribution in [2.75, 3.05) is 31.2 Å². The average molecular weight is 268 g/mol. The van der Waals surface area contributed by atoms with E-state index < -0.39 is 0 Å². The lowest BCUT2D eigenvalue weighted by atomic mass is 9.77. The quantitative estimate of drug-likeness (QED) is 0.820. The summed E-state index contributed by atoms with van der Waals surface area (Å²) in [6.07, 6.45) is 1.67. The molecule has 2 aliphatic heterocycles. The molecule has 2 aliphatic rings. The number of fused-ring (bicyclic) bond motifs is 1. The molecule has 0 aliphatic carbocycles. The number of aromatic nitrogens is 2. The summed E-state index contributed by atoms with van der Waals surface area (Å²) in [6.45, 7) is 3.16. The van der Waals surface area contributed by atoms with Crippen molar-refractivity contribution in [1.82, 2.24) is 9.97 Å². The van der Waals surface area contributed by atoms with Crippen molar-refractivity contribution in [3.8, 4) is 6.07 Å². The fourth-order valence-corrected chi connectivity index (χ4v) is 3.01. The van der Waals surface area contributed by atoms with Gasteiger partial charge >= 0.3 is 0 Å². The molecule has 2 aromatic heterocycles. The van der Waals surface area contributed by atoms with Crippen molar-refractivity contribution < 1.29 is 4.74 Å². The normalized spacial score (nSPS) is 19.4. The van der Waals surface area contributed by atoms with Crippen molar-refractivity contribution in [2.24, 2.45) is 5.41 Å². The largest absolute Gasteiger partial charge is 0.380 e. The van der Waals surface area contributed by atoms with Gasteiger partial charge < -0.3 is 14.6 Å². The number of H-pyrrole nitrogens is 1. The molecule has 0 amide bonds. The molecule has 2 aromatic rings. The Morgan fingerprint density at radius 3 is 2.90 bits per heavy atom. The molecule has 4 heterocycles. The molecule has 0 radical (unpaired) electrons. The first kappa shape index (κ1) is 11.4. The third-order valence-electron chi connectivity index (χ3n) is 4.04. The van der Waals surface area contributed by atoms with Gasteiger partial charge in [-0.3, -0.25) is 9.78 Å². The van der Waals surface area contributed by atoms with E-state index in [9.17, 15) is 10.1 Å². The Balaban J connectivity index is 1.88. The van der Waals surface area contributed by atoms with Crippen LogP contribution in [0.1, 0.15) is 5.56 Å². The molecule has 20 heavy (non-hydrogen) atoms. The van der Waals surface area contributed by atoms with Crippen molar-refractivity contribution in [2.45, 2.75) is 0 Å². The molecule has 0 atom stereocenters. The Hall–Kier alpha value is -2.39. The van der Waals surface area contributed by atoms with Crippen LogP contribution in [-0.4, -0.2) is 36.3 Å². The molecule has 1 spiro atoms. The maximum absolute atomic E-state index is 12.0. The lowest BCUT2D eigenvalue weighted by Gasteiger charge is -2.56. The minimum Gasteiger partial charge on any atom is -0.380 e. The monoisotopic (exact) mass is 268 g/mol. The fraction of sp³-hybridized carbons (Fsp3) is 0.357. The molecule has 0 bridgehead atoms. The first-order valence-electron chi connectivity index (χ1n) is 6.46. The first-order valence-corrected chi connectivity index (χ1v) is 6.46. The van der Waals surface area contributed by atoms with E-state index in [2.05, 4.69) is 14.9 Å². The van der Waals surface area contributed by atoms with Crippen LogP contribution in [0.2, 0.25) is 0 Å². The van der Waals surface area contributed by atoms with E-state index in [1.165, 1.54) is 0 Å². The summed E-state index contributed by atoms with van der Waals surface area (Å²) in [5.74, 6) is 0. The van der Waals surface area contributed by atoms with Gasteiger partial charge in [0.1, 0.15) is 17.1 Å². The lowest BCUT2D eigenvalue weighted by molar-refractivity contribution is -0.126. The predicted octanol–water partition coefficient (Wildman–Crippen LogP) is 0.631. The first-order chi connectivity index (χ1) is 9.72. The van der Waals surface area contributed by atoms with Crippen molar-refractivity contribution in [3.05, 3.63) is 34.2 Å². The standard InChI is InChI=1S/C14H12N4O2/c15-4-9-12(18-5-14(6-18)7-20-8-14)11-10(17-13(9)19)2-1-3-16-11/h1-3H,5-8H2,(H,17,19). The summed E-state index contributed by atoms with van der Waals surface area (Å²) in [4.78, 5) is 21.1. The highest BCUT2D eigenvalue weighted by Gasteiger charge is 2.50. The van der Waals surface area contributed by atoms with Crippen LogP contribution in [0.4, 0.5) is 5.69 Å². The van der Waals surface area contributed by atoms with Crippen LogP contribution in [0, 0.1) is 16.7 Å². The van der Waals surface area contributed by atoms with Crippen LogP contribution in [0.3, 0.4) is 0 Å². The molecule has 6 heteroatoms.